The number of rotatable bonds is 4. The van der Waals surface area contributed by atoms with E-state index >= 15 is 0 Å². The SMILES string of the molecule is Cc1ccc(C(C)(C)C(=O)NCCN)cc1. The van der Waals surface area contributed by atoms with E-state index in [1.54, 1.807) is 0 Å². The molecule has 0 aromatic heterocycles. The molecule has 3 N–H and O–H groups in total. The van der Waals surface area contributed by atoms with Crippen LogP contribution in [0.2, 0.25) is 0 Å². The molecule has 3 heteroatoms. The summed E-state index contributed by atoms with van der Waals surface area (Å²) >= 11 is 0. The molecule has 0 aliphatic rings. The first-order valence-electron chi connectivity index (χ1n) is 5.54. The van der Waals surface area contributed by atoms with Crippen molar-refractivity contribution in [3.8, 4) is 0 Å². The van der Waals surface area contributed by atoms with Crippen molar-refractivity contribution in [3.63, 3.8) is 0 Å². The largest absolute Gasteiger partial charge is 0.354 e. The van der Waals surface area contributed by atoms with Gasteiger partial charge in [-0.3, -0.25) is 4.79 Å². The topological polar surface area (TPSA) is 55.1 Å². The predicted octanol–water partition coefficient (Wildman–Crippen LogP) is 1.35. The number of nitrogens with two attached hydrogens (primary N) is 1. The Balaban J connectivity index is 2.83. The van der Waals surface area contributed by atoms with Gasteiger partial charge in [0.15, 0.2) is 0 Å². The number of amides is 1. The number of aryl methyl sites for hydroxylation is 1. The highest BCUT2D eigenvalue weighted by atomic mass is 16.2. The maximum Gasteiger partial charge on any atom is 0.230 e. The Morgan fingerprint density at radius 1 is 1.31 bits per heavy atom. The summed E-state index contributed by atoms with van der Waals surface area (Å²) in [7, 11) is 0. The second-order valence-electron chi connectivity index (χ2n) is 4.54. The molecule has 1 aromatic carbocycles. The van der Waals surface area contributed by atoms with Gasteiger partial charge in [-0.25, -0.2) is 0 Å². The smallest absolute Gasteiger partial charge is 0.230 e. The van der Waals surface area contributed by atoms with Crippen LogP contribution in [0.25, 0.3) is 0 Å². The molecule has 0 heterocycles. The van der Waals surface area contributed by atoms with Crippen molar-refractivity contribution < 1.29 is 4.79 Å². The molecule has 0 saturated heterocycles. The fourth-order valence-corrected chi connectivity index (χ4v) is 1.51. The van der Waals surface area contributed by atoms with Crippen molar-refractivity contribution in [2.45, 2.75) is 26.2 Å². The molecule has 1 rings (SSSR count). The molecule has 0 unspecified atom stereocenters. The summed E-state index contributed by atoms with van der Waals surface area (Å²) in [5.74, 6) is 0.0156. The van der Waals surface area contributed by atoms with Gasteiger partial charge in [0.1, 0.15) is 0 Å². The fraction of sp³-hybridized carbons (Fsp3) is 0.462. The van der Waals surface area contributed by atoms with Crippen LogP contribution in [0, 0.1) is 6.92 Å². The van der Waals surface area contributed by atoms with Gasteiger partial charge in [-0.05, 0) is 26.3 Å². The Bertz CT molecular complexity index is 355. The van der Waals surface area contributed by atoms with E-state index in [-0.39, 0.29) is 5.91 Å². The minimum atomic E-state index is -0.511. The molecule has 0 fully saturated rings. The van der Waals surface area contributed by atoms with Crippen LogP contribution >= 0.6 is 0 Å². The summed E-state index contributed by atoms with van der Waals surface area (Å²) < 4.78 is 0. The van der Waals surface area contributed by atoms with Crippen molar-refractivity contribution >= 4 is 5.91 Å². The zero-order valence-electron chi connectivity index (χ0n) is 10.2. The van der Waals surface area contributed by atoms with E-state index in [0.717, 1.165) is 5.56 Å². The van der Waals surface area contributed by atoms with Gasteiger partial charge in [-0.1, -0.05) is 29.8 Å². The third-order valence-corrected chi connectivity index (χ3v) is 2.77. The lowest BCUT2D eigenvalue weighted by molar-refractivity contribution is -0.125. The van der Waals surface area contributed by atoms with Gasteiger partial charge < -0.3 is 11.1 Å². The molecule has 0 aliphatic carbocycles. The first-order valence-corrected chi connectivity index (χ1v) is 5.54. The zero-order valence-corrected chi connectivity index (χ0v) is 10.2. The minimum absolute atomic E-state index is 0.0156. The van der Waals surface area contributed by atoms with Crippen LogP contribution in [0.1, 0.15) is 25.0 Å². The third-order valence-electron chi connectivity index (χ3n) is 2.77. The van der Waals surface area contributed by atoms with Crippen molar-refractivity contribution in [1.82, 2.24) is 5.32 Å². The highest BCUT2D eigenvalue weighted by molar-refractivity contribution is 5.87. The molecule has 0 saturated carbocycles. The van der Waals surface area contributed by atoms with Gasteiger partial charge in [-0.15, -0.1) is 0 Å². The molecule has 1 amide bonds. The van der Waals surface area contributed by atoms with Crippen LogP contribution in [-0.2, 0) is 10.2 Å². The normalized spacial score (nSPS) is 11.2. The summed E-state index contributed by atoms with van der Waals surface area (Å²) in [4.78, 5) is 11.9. The Labute approximate surface area is 97.0 Å². The maximum absolute atomic E-state index is 11.9. The van der Waals surface area contributed by atoms with E-state index in [1.807, 2.05) is 45.0 Å². The van der Waals surface area contributed by atoms with E-state index in [0.29, 0.717) is 13.1 Å². The number of benzene rings is 1. The first-order chi connectivity index (χ1) is 7.48. The quantitative estimate of drug-likeness (QED) is 0.804. The van der Waals surface area contributed by atoms with Gasteiger partial charge >= 0.3 is 0 Å². The maximum atomic E-state index is 11.9. The number of carbonyl (C=O) groups excluding carboxylic acids is 1. The second-order valence-corrected chi connectivity index (χ2v) is 4.54. The summed E-state index contributed by atoms with van der Waals surface area (Å²) in [6, 6.07) is 8.04. The molecular formula is C13H20N2O. The fourth-order valence-electron chi connectivity index (χ4n) is 1.51. The lowest BCUT2D eigenvalue weighted by Gasteiger charge is -2.24. The number of hydrogen-bond donors (Lipinski definition) is 2. The summed E-state index contributed by atoms with van der Waals surface area (Å²) in [6.07, 6.45) is 0. The summed E-state index contributed by atoms with van der Waals surface area (Å²) in [6.45, 7) is 6.86. The Morgan fingerprint density at radius 2 is 1.88 bits per heavy atom. The number of carbonyl (C=O) groups is 1. The third kappa shape index (κ3) is 2.83. The van der Waals surface area contributed by atoms with Crippen LogP contribution in [0.15, 0.2) is 24.3 Å². The van der Waals surface area contributed by atoms with Gasteiger partial charge in [-0.2, -0.15) is 0 Å². The molecule has 0 aliphatic heterocycles. The van der Waals surface area contributed by atoms with Crippen molar-refractivity contribution in [2.24, 2.45) is 5.73 Å². The number of hydrogen-bond acceptors (Lipinski definition) is 2. The lowest BCUT2D eigenvalue weighted by Crippen LogP contribution is -2.42. The molecule has 0 atom stereocenters. The number of nitrogens with one attached hydrogen (secondary N) is 1. The second kappa shape index (κ2) is 5.12. The van der Waals surface area contributed by atoms with Gasteiger partial charge in [0.25, 0.3) is 0 Å². The summed E-state index contributed by atoms with van der Waals surface area (Å²) in [5, 5.41) is 2.82. The minimum Gasteiger partial charge on any atom is -0.354 e. The van der Waals surface area contributed by atoms with Crippen LogP contribution in [0.4, 0.5) is 0 Å². The van der Waals surface area contributed by atoms with E-state index < -0.39 is 5.41 Å². The lowest BCUT2D eigenvalue weighted by atomic mass is 9.83. The van der Waals surface area contributed by atoms with Crippen molar-refractivity contribution in [2.75, 3.05) is 13.1 Å². The Hall–Kier alpha value is -1.35. The molecule has 3 nitrogen and oxygen atoms in total. The predicted molar refractivity (Wildman–Crippen MR) is 66.3 cm³/mol. The van der Waals surface area contributed by atoms with E-state index in [2.05, 4.69) is 5.32 Å². The van der Waals surface area contributed by atoms with Crippen molar-refractivity contribution in [1.29, 1.82) is 0 Å². The van der Waals surface area contributed by atoms with Crippen LogP contribution in [0.3, 0.4) is 0 Å². The molecule has 0 radical (unpaired) electrons. The van der Waals surface area contributed by atoms with Gasteiger partial charge in [0.05, 0.1) is 5.41 Å². The van der Waals surface area contributed by atoms with Crippen LogP contribution in [-0.4, -0.2) is 19.0 Å². The average Bonchev–Trinajstić information content (AvgIpc) is 2.26. The molecule has 88 valence electrons. The van der Waals surface area contributed by atoms with Crippen molar-refractivity contribution in [3.05, 3.63) is 35.4 Å². The molecule has 1 aromatic rings. The summed E-state index contributed by atoms with van der Waals surface area (Å²) in [5.41, 5.74) is 7.07. The van der Waals surface area contributed by atoms with E-state index in [9.17, 15) is 4.79 Å². The van der Waals surface area contributed by atoms with Crippen LogP contribution < -0.4 is 11.1 Å². The molecule has 0 bridgehead atoms. The monoisotopic (exact) mass is 220 g/mol. The first kappa shape index (κ1) is 12.7. The van der Waals surface area contributed by atoms with Gasteiger partial charge in [0, 0.05) is 13.1 Å². The Morgan fingerprint density at radius 3 is 2.38 bits per heavy atom. The molecule has 0 spiro atoms. The standard InChI is InChI=1S/C13H20N2O/c1-10-4-6-11(7-5-10)13(2,3)12(16)15-9-8-14/h4-7H,8-9,14H2,1-3H3,(H,15,16). The zero-order chi connectivity index (χ0) is 12.2. The average molecular weight is 220 g/mol. The van der Waals surface area contributed by atoms with Gasteiger partial charge in [0.2, 0.25) is 5.91 Å². The van der Waals surface area contributed by atoms with E-state index in [4.69, 9.17) is 5.73 Å². The highest BCUT2D eigenvalue weighted by Crippen LogP contribution is 2.23. The Kier molecular flexibility index (Phi) is 4.07. The molecular weight excluding hydrogens is 200 g/mol. The highest BCUT2D eigenvalue weighted by Gasteiger charge is 2.28. The van der Waals surface area contributed by atoms with E-state index in [1.165, 1.54) is 5.56 Å². The van der Waals surface area contributed by atoms with Crippen LogP contribution in [0.5, 0.6) is 0 Å². The molecule has 16 heavy (non-hydrogen) atoms.